The highest BCUT2D eigenvalue weighted by Crippen LogP contribution is 2.39. The quantitative estimate of drug-likeness (QED) is 0.917. The molecule has 1 fully saturated rings. The van der Waals surface area contributed by atoms with Gasteiger partial charge in [0.1, 0.15) is 5.58 Å². The Kier molecular flexibility index (Phi) is 2.32. The summed E-state index contributed by atoms with van der Waals surface area (Å²) in [5.74, 6) is 1.23. The molecule has 0 saturated heterocycles. The summed E-state index contributed by atoms with van der Waals surface area (Å²) in [6.45, 7) is 0.932. The molecule has 1 aromatic heterocycles. The van der Waals surface area contributed by atoms with Crippen LogP contribution in [0.2, 0.25) is 0 Å². The molecule has 0 amide bonds. The predicted molar refractivity (Wildman–Crippen MR) is 71.7 cm³/mol. The van der Waals surface area contributed by atoms with Gasteiger partial charge in [0.05, 0.1) is 12.3 Å². The van der Waals surface area contributed by atoms with Gasteiger partial charge in [0.25, 0.3) is 0 Å². The van der Waals surface area contributed by atoms with Crippen LogP contribution in [0.25, 0.3) is 11.0 Å². The first-order valence-corrected chi connectivity index (χ1v) is 6.69. The number of nitrogens with zero attached hydrogens (tertiary/aromatic N) is 1. The van der Waals surface area contributed by atoms with Crippen LogP contribution in [0.1, 0.15) is 24.4 Å². The zero-order chi connectivity index (χ0) is 12.8. The minimum Gasteiger partial charge on any atom is -0.464 e. The molecule has 1 saturated carbocycles. The lowest BCUT2D eigenvalue weighted by Gasteiger charge is -2.21. The second-order valence-corrected chi connectivity index (χ2v) is 5.34. The molecule has 1 aromatic carbocycles. The van der Waals surface area contributed by atoms with E-state index in [1.165, 1.54) is 12.8 Å². The normalized spacial score (nSPS) is 23.6. The Morgan fingerprint density at radius 3 is 2.95 bits per heavy atom. The summed E-state index contributed by atoms with van der Waals surface area (Å²) in [7, 11) is 0. The molecule has 0 bridgehead atoms. The summed E-state index contributed by atoms with van der Waals surface area (Å²) in [5, 5.41) is 3.10. The standard InChI is InChI=1S/C15H16N2O2/c16-15-7-13(17(19-15)8-10-5-6-10)12-9-18-14-4-2-1-3-11(12)14/h1-4,7,9-10,13H,5-6,8,16H2. The summed E-state index contributed by atoms with van der Waals surface area (Å²) >= 11 is 0. The van der Waals surface area contributed by atoms with Gasteiger partial charge in [-0.25, -0.2) is 0 Å². The topological polar surface area (TPSA) is 51.6 Å². The highest BCUT2D eigenvalue weighted by molar-refractivity contribution is 5.81. The lowest BCUT2D eigenvalue weighted by atomic mass is 10.1. The Balaban J connectivity index is 1.72. The number of hydroxylamine groups is 2. The van der Waals surface area contributed by atoms with Crippen LogP contribution in [-0.4, -0.2) is 11.6 Å². The zero-order valence-corrected chi connectivity index (χ0v) is 10.6. The fourth-order valence-electron chi connectivity index (χ4n) is 2.64. The van der Waals surface area contributed by atoms with E-state index in [9.17, 15) is 0 Å². The minimum absolute atomic E-state index is 0.0595. The molecule has 0 radical (unpaired) electrons. The summed E-state index contributed by atoms with van der Waals surface area (Å²) in [6, 6.07) is 8.12. The maximum absolute atomic E-state index is 5.83. The molecule has 1 atom stereocenters. The van der Waals surface area contributed by atoms with Crippen molar-refractivity contribution in [1.82, 2.24) is 5.06 Å². The van der Waals surface area contributed by atoms with Crippen molar-refractivity contribution in [2.75, 3.05) is 6.54 Å². The molecule has 98 valence electrons. The molecule has 1 unspecified atom stereocenters. The Morgan fingerprint density at radius 1 is 1.26 bits per heavy atom. The van der Waals surface area contributed by atoms with Gasteiger partial charge in [-0.3, -0.25) is 0 Å². The first kappa shape index (κ1) is 10.9. The van der Waals surface area contributed by atoms with Crippen LogP contribution < -0.4 is 5.73 Å². The molecule has 1 aliphatic heterocycles. The number of para-hydroxylation sites is 1. The molecular formula is C15H16N2O2. The molecule has 4 nitrogen and oxygen atoms in total. The second kappa shape index (κ2) is 4.03. The van der Waals surface area contributed by atoms with Crippen LogP contribution in [0.15, 0.2) is 46.9 Å². The van der Waals surface area contributed by atoms with Crippen molar-refractivity contribution in [3.8, 4) is 0 Å². The molecule has 2 aromatic rings. The average molecular weight is 256 g/mol. The molecule has 1 aliphatic carbocycles. The lowest BCUT2D eigenvalue weighted by molar-refractivity contribution is -0.122. The van der Waals surface area contributed by atoms with E-state index in [2.05, 4.69) is 6.07 Å². The van der Waals surface area contributed by atoms with Gasteiger partial charge in [-0.05, 0) is 24.8 Å². The van der Waals surface area contributed by atoms with Gasteiger partial charge in [0.2, 0.25) is 5.88 Å². The maximum atomic E-state index is 5.83. The van der Waals surface area contributed by atoms with E-state index in [1.807, 2.05) is 35.6 Å². The molecule has 4 rings (SSSR count). The molecule has 2 N–H and O–H groups in total. The molecule has 2 aliphatic rings. The third-order valence-electron chi connectivity index (χ3n) is 3.82. The Bertz CT molecular complexity index is 642. The third-order valence-corrected chi connectivity index (χ3v) is 3.82. The van der Waals surface area contributed by atoms with Gasteiger partial charge in [-0.1, -0.05) is 18.2 Å². The van der Waals surface area contributed by atoms with E-state index in [0.717, 1.165) is 29.0 Å². The zero-order valence-electron chi connectivity index (χ0n) is 10.6. The fourth-order valence-corrected chi connectivity index (χ4v) is 2.64. The van der Waals surface area contributed by atoms with E-state index in [-0.39, 0.29) is 6.04 Å². The van der Waals surface area contributed by atoms with Crippen molar-refractivity contribution in [1.29, 1.82) is 0 Å². The van der Waals surface area contributed by atoms with E-state index < -0.39 is 0 Å². The maximum Gasteiger partial charge on any atom is 0.207 e. The van der Waals surface area contributed by atoms with Crippen LogP contribution in [0.3, 0.4) is 0 Å². The third kappa shape index (κ3) is 1.88. The Labute approximate surface area is 111 Å². The van der Waals surface area contributed by atoms with Crippen molar-refractivity contribution >= 4 is 11.0 Å². The van der Waals surface area contributed by atoms with Gasteiger partial charge in [0, 0.05) is 23.6 Å². The Morgan fingerprint density at radius 2 is 2.11 bits per heavy atom. The van der Waals surface area contributed by atoms with E-state index in [0.29, 0.717) is 5.88 Å². The van der Waals surface area contributed by atoms with Gasteiger partial charge in [-0.2, -0.15) is 0 Å². The van der Waals surface area contributed by atoms with Crippen LogP contribution in [-0.2, 0) is 4.84 Å². The highest BCUT2D eigenvalue weighted by Gasteiger charge is 2.34. The van der Waals surface area contributed by atoms with Crippen molar-refractivity contribution in [2.24, 2.45) is 11.7 Å². The first-order chi connectivity index (χ1) is 9.31. The van der Waals surface area contributed by atoms with Gasteiger partial charge in [0.15, 0.2) is 0 Å². The van der Waals surface area contributed by atoms with Gasteiger partial charge >= 0.3 is 0 Å². The summed E-state index contributed by atoms with van der Waals surface area (Å²) < 4.78 is 5.61. The van der Waals surface area contributed by atoms with Gasteiger partial charge < -0.3 is 15.0 Å². The molecular weight excluding hydrogens is 240 g/mol. The number of hydrogen-bond donors (Lipinski definition) is 1. The lowest BCUT2D eigenvalue weighted by Crippen LogP contribution is -2.25. The molecule has 2 heterocycles. The van der Waals surface area contributed by atoms with Gasteiger partial charge in [-0.15, -0.1) is 5.06 Å². The molecule has 19 heavy (non-hydrogen) atoms. The van der Waals surface area contributed by atoms with Crippen molar-refractivity contribution in [3.05, 3.63) is 48.1 Å². The van der Waals surface area contributed by atoms with Crippen LogP contribution >= 0.6 is 0 Å². The SMILES string of the molecule is NC1=CC(c2coc3ccccc23)N(CC2CC2)O1. The van der Waals surface area contributed by atoms with Crippen molar-refractivity contribution < 1.29 is 9.25 Å². The van der Waals surface area contributed by atoms with E-state index >= 15 is 0 Å². The smallest absolute Gasteiger partial charge is 0.207 e. The second-order valence-electron chi connectivity index (χ2n) is 5.34. The van der Waals surface area contributed by atoms with Crippen LogP contribution in [0.5, 0.6) is 0 Å². The van der Waals surface area contributed by atoms with E-state index in [1.54, 1.807) is 0 Å². The number of fused-ring (bicyclic) bond motifs is 1. The summed E-state index contributed by atoms with van der Waals surface area (Å²) in [4.78, 5) is 5.63. The monoisotopic (exact) mass is 256 g/mol. The van der Waals surface area contributed by atoms with Crippen molar-refractivity contribution in [3.63, 3.8) is 0 Å². The van der Waals surface area contributed by atoms with E-state index in [4.69, 9.17) is 15.0 Å². The number of rotatable bonds is 3. The first-order valence-electron chi connectivity index (χ1n) is 6.69. The number of nitrogens with two attached hydrogens (primary N) is 1. The number of furan rings is 1. The molecule has 4 heteroatoms. The highest BCUT2D eigenvalue weighted by atomic mass is 16.7. The largest absolute Gasteiger partial charge is 0.464 e. The predicted octanol–water partition coefficient (Wildman–Crippen LogP) is 2.93. The number of benzene rings is 1. The Hall–Kier alpha value is -1.94. The minimum atomic E-state index is 0.0595. The number of hydrogen-bond acceptors (Lipinski definition) is 4. The van der Waals surface area contributed by atoms with Crippen molar-refractivity contribution in [2.45, 2.75) is 18.9 Å². The summed E-state index contributed by atoms with van der Waals surface area (Å²) in [6.07, 6.45) is 6.35. The molecule has 0 spiro atoms. The summed E-state index contributed by atoms with van der Waals surface area (Å²) in [5.41, 5.74) is 7.86. The van der Waals surface area contributed by atoms with Crippen LogP contribution in [0.4, 0.5) is 0 Å². The fraction of sp³-hybridized carbons (Fsp3) is 0.333. The van der Waals surface area contributed by atoms with Crippen LogP contribution in [0, 0.1) is 5.92 Å². The average Bonchev–Trinajstić information content (AvgIpc) is 3.00.